The Morgan fingerprint density at radius 2 is 2.38 bits per heavy atom. The number of carbonyl (C=O) groups excluding carboxylic acids is 1. The molecule has 16 heavy (non-hydrogen) atoms. The lowest BCUT2D eigenvalue weighted by atomic mass is 10.1. The van der Waals surface area contributed by atoms with Gasteiger partial charge in [0.25, 0.3) is 0 Å². The molecule has 2 unspecified atom stereocenters. The van der Waals surface area contributed by atoms with Crippen molar-refractivity contribution < 1.29 is 9.53 Å². The van der Waals surface area contributed by atoms with E-state index in [4.69, 9.17) is 4.74 Å². The van der Waals surface area contributed by atoms with Crippen LogP contribution in [0.3, 0.4) is 0 Å². The van der Waals surface area contributed by atoms with Crippen LogP contribution in [0.25, 0.3) is 0 Å². The minimum atomic E-state index is -0.153. The van der Waals surface area contributed by atoms with Gasteiger partial charge in [-0.1, -0.05) is 6.92 Å². The molecule has 3 aliphatic rings. The maximum Gasteiger partial charge on any atom is 0.244 e. The van der Waals surface area contributed by atoms with E-state index in [-0.39, 0.29) is 11.7 Å². The third-order valence-electron chi connectivity index (χ3n) is 4.10. The van der Waals surface area contributed by atoms with Crippen molar-refractivity contribution in [2.45, 2.75) is 44.3 Å². The molecule has 1 N–H and O–H groups in total. The first-order valence-electron chi connectivity index (χ1n) is 6.42. The highest BCUT2D eigenvalue weighted by Crippen LogP contribution is 2.42. The Kier molecular flexibility index (Phi) is 2.44. The molecular formula is C12H20N2O2. The molecular weight excluding hydrogens is 204 g/mol. The number of amides is 1. The fourth-order valence-electron chi connectivity index (χ4n) is 2.90. The van der Waals surface area contributed by atoms with Crippen molar-refractivity contribution in [3.8, 4) is 0 Å². The summed E-state index contributed by atoms with van der Waals surface area (Å²) in [6.45, 7) is 4.71. The highest BCUT2D eigenvalue weighted by molar-refractivity contribution is 5.91. The van der Waals surface area contributed by atoms with Crippen LogP contribution in [0.1, 0.15) is 32.6 Å². The van der Waals surface area contributed by atoms with Gasteiger partial charge in [0, 0.05) is 19.1 Å². The zero-order valence-electron chi connectivity index (χ0n) is 9.87. The molecule has 4 nitrogen and oxygen atoms in total. The molecule has 0 aromatic carbocycles. The second-order valence-corrected chi connectivity index (χ2v) is 5.34. The Morgan fingerprint density at radius 3 is 2.94 bits per heavy atom. The van der Waals surface area contributed by atoms with Gasteiger partial charge < -0.3 is 9.64 Å². The summed E-state index contributed by atoms with van der Waals surface area (Å²) in [7, 11) is 0. The van der Waals surface area contributed by atoms with Gasteiger partial charge in [-0.25, -0.2) is 0 Å². The van der Waals surface area contributed by atoms with Gasteiger partial charge in [-0.15, -0.1) is 0 Å². The molecule has 2 saturated heterocycles. The van der Waals surface area contributed by atoms with E-state index in [2.05, 4.69) is 17.1 Å². The lowest BCUT2D eigenvalue weighted by molar-refractivity contribution is -0.131. The second kappa shape index (κ2) is 3.70. The molecule has 0 radical (unpaired) electrons. The fraction of sp³-hybridized carbons (Fsp3) is 0.917. The normalized spacial score (nSPS) is 36.3. The standard InChI is InChI=1S/C12H20N2O2/c1-2-10-13-12(4-5-12)11(15)14(10)7-9-3-6-16-8-9/h9-10,13H,2-8H2,1H3. The van der Waals surface area contributed by atoms with Crippen molar-refractivity contribution in [3.05, 3.63) is 0 Å². The van der Waals surface area contributed by atoms with Crippen molar-refractivity contribution in [1.82, 2.24) is 10.2 Å². The first kappa shape index (κ1) is 10.5. The van der Waals surface area contributed by atoms with Gasteiger partial charge in [-0.05, 0) is 25.7 Å². The number of hydrogen-bond acceptors (Lipinski definition) is 3. The minimum absolute atomic E-state index is 0.153. The molecule has 90 valence electrons. The fourth-order valence-corrected chi connectivity index (χ4v) is 2.90. The summed E-state index contributed by atoms with van der Waals surface area (Å²) < 4.78 is 5.38. The van der Waals surface area contributed by atoms with Crippen LogP contribution >= 0.6 is 0 Å². The van der Waals surface area contributed by atoms with Crippen molar-refractivity contribution in [3.63, 3.8) is 0 Å². The third kappa shape index (κ3) is 1.55. The van der Waals surface area contributed by atoms with Crippen LogP contribution in [0.4, 0.5) is 0 Å². The first-order chi connectivity index (χ1) is 7.75. The zero-order chi connectivity index (χ0) is 11.2. The number of carbonyl (C=O) groups is 1. The summed E-state index contributed by atoms with van der Waals surface area (Å²) in [5.41, 5.74) is -0.153. The number of nitrogens with zero attached hydrogens (tertiary/aromatic N) is 1. The second-order valence-electron chi connectivity index (χ2n) is 5.34. The lowest BCUT2D eigenvalue weighted by Gasteiger charge is -2.25. The van der Waals surface area contributed by atoms with Crippen molar-refractivity contribution in [2.75, 3.05) is 19.8 Å². The molecule has 2 aliphatic heterocycles. The van der Waals surface area contributed by atoms with Crippen LogP contribution in [-0.2, 0) is 9.53 Å². The topological polar surface area (TPSA) is 41.6 Å². The Labute approximate surface area is 96.3 Å². The van der Waals surface area contributed by atoms with Gasteiger partial charge in [-0.2, -0.15) is 0 Å². The molecule has 1 spiro atoms. The van der Waals surface area contributed by atoms with Gasteiger partial charge in [0.1, 0.15) is 0 Å². The molecule has 3 fully saturated rings. The van der Waals surface area contributed by atoms with E-state index >= 15 is 0 Å². The summed E-state index contributed by atoms with van der Waals surface area (Å²) >= 11 is 0. The maximum atomic E-state index is 12.3. The first-order valence-corrected chi connectivity index (χ1v) is 6.42. The molecule has 1 saturated carbocycles. The van der Waals surface area contributed by atoms with Crippen LogP contribution in [0, 0.1) is 5.92 Å². The van der Waals surface area contributed by atoms with E-state index in [1.165, 1.54) is 0 Å². The van der Waals surface area contributed by atoms with Crippen molar-refractivity contribution in [1.29, 1.82) is 0 Å². The van der Waals surface area contributed by atoms with Crippen molar-refractivity contribution >= 4 is 5.91 Å². The average Bonchev–Trinajstić information content (AvgIpc) is 2.79. The van der Waals surface area contributed by atoms with Gasteiger partial charge >= 0.3 is 0 Å². The van der Waals surface area contributed by atoms with E-state index in [1.54, 1.807) is 0 Å². The van der Waals surface area contributed by atoms with Crippen molar-refractivity contribution in [2.24, 2.45) is 5.92 Å². The number of rotatable bonds is 3. The van der Waals surface area contributed by atoms with Crippen LogP contribution in [0.15, 0.2) is 0 Å². The molecule has 0 aromatic heterocycles. The molecule has 2 atom stereocenters. The minimum Gasteiger partial charge on any atom is -0.381 e. The van der Waals surface area contributed by atoms with Gasteiger partial charge in [0.15, 0.2) is 0 Å². The van der Waals surface area contributed by atoms with Crippen LogP contribution in [0.5, 0.6) is 0 Å². The van der Waals surface area contributed by atoms with E-state index in [0.29, 0.717) is 11.8 Å². The summed E-state index contributed by atoms with van der Waals surface area (Å²) in [5, 5.41) is 3.50. The Hall–Kier alpha value is -0.610. The monoisotopic (exact) mass is 224 g/mol. The zero-order valence-corrected chi connectivity index (χ0v) is 9.87. The Bertz CT molecular complexity index is 295. The predicted molar refractivity (Wildman–Crippen MR) is 59.8 cm³/mol. The number of hydrogen-bond donors (Lipinski definition) is 1. The van der Waals surface area contributed by atoms with Crippen LogP contribution < -0.4 is 5.32 Å². The number of nitrogens with one attached hydrogen (secondary N) is 1. The van der Waals surface area contributed by atoms with Crippen LogP contribution in [0.2, 0.25) is 0 Å². The molecule has 1 amide bonds. The summed E-state index contributed by atoms with van der Waals surface area (Å²) in [6.07, 6.45) is 4.42. The van der Waals surface area contributed by atoms with E-state index < -0.39 is 0 Å². The van der Waals surface area contributed by atoms with Gasteiger partial charge in [-0.3, -0.25) is 10.1 Å². The molecule has 0 bridgehead atoms. The molecule has 1 aliphatic carbocycles. The average molecular weight is 224 g/mol. The van der Waals surface area contributed by atoms with E-state index in [9.17, 15) is 4.79 Å². The largest absolute Gasteiger partial charge is 0.381 e. The third-order valence-corrected chi connectivity index (χ3v) is 4.10. The van der Waals surface area contributed by atoms with Crippen LogP contribution in [-0.4, -0.2) is 42.3 Å². The highest BCUT2D eigenvalue weighted by atomic mass is 16.5. The van der Waals surface area contributed by atoms with Gasteiger partial charge in [0.2, 0.25) is 5.91 Å². The smallest absolute Gasteiger partial charge is 0.244 e. The molecule has 4 heteroatoms. The maximum absolute atomic E-state index is 12.3. The Balaban J connectivity index is 1.69. The molecule has 0 aromatic rings. The van der Waals surface area contributed by atoms with E-state index in [1.807, 2.05) is 0 Å². The predicted octanol–water partition coefficient (Wildman–Crippen LogP) is 0.723. The quantitative estimate of drug-likeness (QED) is 0.768. The SMILES string of the molecule is CCC1NC2(CC2)C(=O)N1CC1CCOC1. The molecule has 2 heterocycles. The lowest BCUT2D eigenvalue weighted by Crippen LogP contribution is -2.40. The highest BCUT2D eigenvalue weighted by Gasteiger charge is 2.58. The summed E-state index contributed by atoms with van der Waals surface area (Å²) in [6, 6.07) is 0. The summed E-state index contributed by atoms with van der Waals surface area (Å²) in [4.78, 5) is 14.3. The Morgan fingerprint density at radius 1 is 1.56 bits per heavy atom. The van der Waals surface area contributed by atoms with Gasteiger partial charge in [0.05, 0.1) is 18.3 Å². The van der Waals surface area contributed by atoms with E-state index in [0.717, 1.165) is 45.4 Å². The summed E-state index contributed by atoms with van der Waals surface area (Å²) in [5.74, 6) is 0.889. The number of ether oxygens (including phenoxy) is 1. The molecule has 3 rings (SSSR count).